The van der Waals surface area contributed by atoms with Gasteiger partial charge in [0.25, 0.3) is 0 Å². The van der Waals surface area contributed by atoms with Crippen LogP contribution in [-0.4, -0.2) is 5.97 Å². The second-order valence-electron chi connectivity index (χ2n) is 4.31. The van der Waals surface area contributed by atoms with E-state index in [1.54, 1.807) is 0 Å². The van der Waals surface area contributed by atoms with Crippen LogP contribution >= 0.6 is 63.7 Å². The fraction of sp³-hybridized carbons (Fsp3) is 0. The quantitative estimate of drug-likeness (QED) is 0.239. The lowest BCUT2D eigenvalue weighted by molar-refractivity contribution is 0.0716. The number of rotatable bonds is 1. The van der Waals surface area contributed by atoms with Gasteiger partial charge in [-0.05, 0) is 75.4 Å². The van der Waals surface area contributed by atoms with Crippen molar-refractivity contribution in [2.75, 3.05) is 0 Å². The van der Waals surface area contributed by atoms with Crippen LogP contribution in [0.25, 0.3) is 11.8 Å². The van der Waals surface area contributed by atoms with Gasteiger partial charge in [-0.15, -0.1) is 0 Å². The van der Waals surface area contributed by atoms with Crippen molar-refractivity contribution in [1.29, 1.82) is 0 Å². The van der Waals surface area contributed by atoms with Crippen molar-refractivity contribution >= 4 is 81.5 Å². The number of hydrogen-bond donors (Lipinski definition) is 0. The van der Waals surface area contributed by atoms with E-state index >= 15 is 0 Å². The zero-order valence-corrected chi connectivity index (χ0v) is 16.6. The number of carbonyl (C=O) groups is 1. The number of ether oxygens (including phenoxy) is 1. The lowest BCUT2D eigenvalue weighted by Crippen LogP contribution is -1.96. The summed E-state index contributed by atoms with van der Waals surface area (Å²) >= 11 is 13.9. The number of benzene rings is 2. The Morgan fingerprint density at radius 3 is 2.00 bits per heavy atom. The molecule has 0 fully saturated rings. The molecule has 0 spiro atoms. The molecule has 0 amide bonds. The third-order valence-corrected chi connectivity index (χ3v) is 7.79. The first-order valence-electron chi connectivity index (χ1n) is 5.86. The number of hydrogen-bond acceptors (Lipinski definition) is 2. The van der Waals surface area contributed by atoms with Crippen LogP contribution in [0.1, 0.15) is 21.5 Å². The summed E-state index contributed by atoms with van der Waals surface area (Å²) in [4.78, 5) is 12.2. The Kier molecular flexibility index (Phi) is 4.41. The smallest absolute Gasteiger partial charge is 0.345 e. The Balaban J connectivity index is 2.25. The van der Waals surface area contributed by atoms with Crippen molar-refractivity contribution in [3.8, 4) is 0 Å². The van der Waals surface area contributed by atoms with Crippen LogP contribution in [0.3, 0.4) is 0 Å². The molecule has 2 nitrogen and oxygen atoms in total. The standard InChI is InChI=1S/C15H6Br4O2/c16-11-9-8(6-7-4-2-1-3-5-7)21-15(20)10(9)12(17)14(19)13(11)18/h1-6H/b8-6-. The first-order chi connectivity index (χ1) is 10.0. The molecule has 0 saturated heterocycles. The van der Waals surface area contributed by atoms with Gasteiger partial charge in [0.05, 0.1) is 5.56 Å². The molecule has 2 aromatic rings. The van der Waals surface area contributed by atoms with Gasteiger partial charge in [-0.3, -0.25) is 0 Å². The summed E-state index contributed by atoms with van der Waals surface area (Å²) < 4.78 is 8.48. The van der Waals surface area contributed by atoms with E-state index in [4.69, 9.17) is 4.74 Å². The van der Waals surface area contributed by atoms with Crippen molar-refractivity contribution in [3.63, 3.8) is 0 Å². The van der Waals surface area contributed by atoms with Crippen LogP contribution in [0.15, 0.2) is 48.2 Å². The van der Waals surface area contributed by atoms with Crippen molar-refractivity contribution in [2.24, 2.45) is 0 Å². The molecule has 0 radical (unpaired) electrons. The zero-order chi connectivity index (χ0) is 15.1. The maximum Gasteiger partial charge on any atom is 0.345 e. The molecule has 1 heterocycles. The van der Waals surface area contributed by atoms with Crippen LogP contribution in [0.5, 0.6) is 0 Å². The minimum Gasteiger partial charge on any atom is -0.422 e. The van der Waals surface area contributed by atoms with E-state index in [0.717, 1.165) is 24.5 Å². The van der Waals surface area contributed by atoms with E-state index in [1.807, 2.05) is 36.4 Å². The lowest BCUT2D eigenvalue weighted by atomic mass is 10.1. The summed E-state index contributed by atoms with van der Waals surface area (Å²) in [7, 11) is 0. The van der Waals surface area contributed by atoms with Crippen molar-refractivity contribution in [2.45, 2.75) is 0 Å². The van der Waals surface area contributed by atoms with Gasteiger partial charge >= 0.3 is 5.97 Å². The number of carbonyl (C=O) groups excluding carboxylic acids is 1. The van der Waals surface area contributed by atoms with Gasteiger partial charge in [-0.1, -0.05) is 30.3 Å². The van der Waals surface area contributed by atoms with Crippen LogP contribution in [-0.2, 0) is 4.74 Å². The number of esters is 1. The normalized spacial score (nSPS) is 15.2. The topological polar surface area (TPSA) is 26.3 Å². The Bertz CT molecular complexity index is 782. The molecule has 0 bridgehead atoms. The zero-order valence-electron chi connectivity index (χ0n) is 10.3. The van der Waals surface area contributed by atoms with Crippen molar-refractivity contribution < 1.29 is 9.53 Å². The van der Waals surface area contributed by atoms with Gasteiger partial charge in [-0.25, -0.2) is 4.79 Å². The average molecular weight is 538 g/mol. The van der Waals surface area contributed by atoms with Gasteiger partial charge in [0, 0.05) is 23.5 Å². The molecule has 2 aromatic carbocycles. The maximum atomic E-state index is 12.2. The van der Waals surface area contributed by atoms with E-state index in [9.17, 15) is 4.79 Å². The summed E-state index contributed by atoms with van der Waals surface area (Å²) in [6, 6.07) is 9.72. The second-order valence-corrected chi connectivity index (χ2v) is 7.49. The van der Waals surface area contributed by atoms with Crippen molar-refractivity contribution in [1.82, 2.24) is 0 Å². The monoisotopic (exact) mass is 534 g/mol. The fourth-order valence-corrected chi connectivity index (χ4v) is 4.53. The molecule has 106 valence electrons. The average Bonchev–Trinajstić information content (AvgIpc) is 2.80. The van der Waals surface area contributed by atoms with Gasteiger partial charge in [0.1, 0.15) is 5.76 Å². The molecule has 6 heteroatoms. The van der Waals surface area contributed by atoms with Gasteiger partial charge < -0.3 is 4.74 Å². The highest BCUT2D eigenvalue weighted by molar-refractivity contribution is 9.15. The predicted octanol–water partition coefficient (Wildman–Crippen LogP) is 6.41. The first kappa shape index (κ1) is 15.5. The van der Waals surface area contributed by atoms with Crippen molar-refractivity contribution in [3.05, 3.63) is 64.9 Å². The third kappa shape index (κ3) is 2.67. The third-order valence-electron chi connectivity index (χ3n) is 3.02. The second kappa shape index (κ2) is 5.99. The minimum absolute atomic E-state index is 0.368. The summed E-state index contributed by atoms with van der Waals surface area (Å²) in [5.74, 6) is 0.162. The Labute approximate surface area is 155 Å². The molecule has 21 heavy (non-hydrogen) atoms. The molecule has 3 rings (SSSR count). The van der Waals surface area contributed by atoms with Crippen LogP contribution in [0.4, 0.5) is 0 Å². The molecular weight excluding hydrogens is 532 g/mol. The summed E-state index contributed by atoms with van der Waals surface area (Å²) in [5, 5.41) is 0. The molecule has 0 aliphatic carbocycles. The summed E-state index contributed by atoms with van der Waals surface area (Å²) in [5.41, 5.74) is 2.22. The Morgan fingerprint density at radius 2 is 1.38 bits per heavy atom. The minimum atomic E-state index is -0.368. The molecule has 0 aromatic heterocycles. The van der Waals surface area contributed by atoms with Crippen LogP contribution in [0, 0.1) is 0 Å². The number of cyclic esters (lactones) is 1. The Hall–Kier alpha value is -0.430. The van der Waals surface area contributed by atoms with Gasteiger partial charge in [0.15, 0.2) is 0 Å². The number of halogens is 4. The highest BCUT2D eigenvalue weighted by Gasteiger charge is 2.34. The molecule has 0 N–H and O–H groups in total. The van der Waals surface area contributed by atoms with E-state index in [-0.39, 0.29) is 5.97 Å². The van der Waals surface area contributed by atoms with Gasteiger partial charge in [0.2, 0.25) is 0 Å². The lowest BCUT2D eigenvalue weighted by Gasteiger charge is -2.08. The maximum absolute atomic E-state index is 12.2. The summed E-state index contributed by atoms with van der Waals surface area (Å²) in [6.45, 7) is 0. The van der Waals surface area contributed by atoms with Gasteiger partial charge in [-0.2, -0.15) is 0 Å². The predicted molar refractivity (Wildman–Crippen MR) is 97.0 cm³/mol. The SMILES string of the molecule is O=C1O/C(=C\c2ccccc2)c2c(Br)c(Br)c(Br)c(Br)c21. The fourth-order valence-electron chi connectivity index (χ4n) is 2.06. The largest absolute Gasteiger partial charge is 0.422 e. The molecule has 0 unspecified atom stereocenters. The first-order valence-corrected chi connectivity index (χ1v) is 9.03. The highest BCUT2D eigenvalue weighted by atomic mass is 79.9. The van der Waals surface area contributed by atoms with E-state index in [0.29, 0.717) is 15.8 Å². The van der Waals surface area contributed by atoms with Crippen LogP contribution in [0.2, 0.25) is 0 Å². The van der Waals surface area contributed by atoms with Crippen LogP contribution < -0.4 is 0 Å². The molecule has 1 aliphatic heterocycles. The number of fused-ring (bicyclic) bond motifs is 1. The highest BCUT2D eigenvalue weighted by Crippen LogP contribution is 2.48. The molecular formula is C15H6Br4O2. The van der Waals surface area contributed by atoms with E-state index in [2.05, 4.69) is 63.7 Å². The molecule has 0 atom stereocenters. The van der Waals surface area contributed by atoms with E-state index in [1.165, 1.54) is 0 Å². The molecule has 0 saturated carbocycles. The molecule has 1 aliphatic rings. The Morgan fingerprint density at radius 1 is 0.810 bits per heavy atom. The summed E-state index contributed by atoms with van der Waals surface area (Å²) in [6.07, 6.45) is 1.85. The van der Waals surface area contributed by atoms with E-state index < -0.39 is 0 Å².